The fourth-order valence-electron chi connectivity index (χ4n) is 2.94. The second kappa shape index (κ2) is 7.94. The van der Waals surface area contributed by atoms with Gasteiger partial charge >= 0.3 is 6.09 Å². The Kier molecular flexibility index (Phi) is 5.46. The third-order valence-corrected chi connectivity index (χ3v) is 4.36. The summed E-state index contributed by atoms with van der Waals surface area (Å²) in [5, 5.41) is 3.34. The van der Waals surface area contributed by atoms with E-state index in [1.54, 1.807) is 0 Å². The number of carbonyl (C=O) groups excluding carboxylic acids is 2. The number of rotatable bonds is 7. The summed E-state index contributed by atoms with van der Waals surface area (Å²) in [6, 6.07) is 19.2. The van der Waals surface area contributed by atoms with Crippen LogP contribution in [0.5, 0.6) is 0 Å². The first-order valence-electron chi connectivity index (χ1n) is 8.52. The van der Waals surface area contributed by atoms with Crippen LogP contribution in [0, 0.1) is 0 Å². The first kappa shape index (κ1) is 17.2. The van der Waals surface area contributed by atoms with E-state index >= 15 is 0 Å². The maximum absolute atomic E-state index is 12.7. The molecule has 0 saturated carbocycles. The molecule has 5 nitrogen and oxygen atoms in total. The molecule has 2 aromatic carbocycles. The standard InChI is InChI=1S/C20H22N2O3/c1-2-17(21-13-15-9-5-3-6-10-15)18-19(23)22(20(24)25-18)14-16-11-7-4-8-12-16/h3-12,17-18,21H,2,13-14H2,1H3/t17-,18-/m1/s1. The molecule has 0 spiro atoms. The van der Waals surface area contributed by atoms with Crippen molar-refractivity contribution in [3.05, 3.63) is 71.8 Å². The van der Waals surface area contributed by atoms with Gasteiger partial charge in [-0.15, -0.1) is 0 Å². The van der Waals surface area contributed by atoms with Crippen molar-refractivity contribution in [2.45, 2.75) is 38.6 Å². The second-order valence-corrected chi connectivity index (χ2v) is 6.10. The van der Waals surface area contributed by atoms with E-state index < -0.39 is 12.2 Å². The zero-order chi connectivity index (χ0) is 17.6. The topological polar surface area (TPSA) is 58.6 Å². The molecule has 5 heteroatoms. The zero-order valence-corrected chi connectivity index (χ0v) is 14.2. The van der Waals surface area contributed by atoms with E-state index in [4.69, 9.17) is 4.74 Å². The number of ether oxygens (including phenoxy) is 1. The predicted molar refractivity (Wildman–Crippen MR) is 94.6 cm³/mol. The Bertz CT molecular complexity index is 718. The maximum atomic E-state index is 12.7. The number of hydrogen-bond donors (Lipinski definition) is 1. The highest BCUT2D eigenvalue weighted by Crippen LogP contribution is 2.20. The normalized spacial score (nSPS) is 18.3. The van der Waals surface area contributed by atoms with E-state index in [1.807, 2.05) is 67.6 Å². The van der Waals surface area contributed by atoms with Crippen LogP contribution in [0.2, 0.25) is 0 Å². The highest BCUT2D eigenvalue weighted by atomic mass is 16.6. The van der Waals surface area contributed by atoms with Crippen molar-refractivity contribution in [3.63, 3.8) is 0 Å². The van der Waals surface area contributed by atoms with E-state index in [9.17, 15) is 9.59 Å². The highest BCUT2D eigenvalue weighted by Gasteiger charge is 2.44. The minimum Gasteiger partial charge on any atom is -0.434 e. The van der Waals surface area contributed by atoms with Crippen LogP contribution in [-0.2, 0) is 22.6 Å². The summed E-state index contributed by atoms with van der Waals surface area (Å²) in [6.45, 7) is 2.84. The Morgan fingerprint density at radius 2 is 1.60 bits per heavy atom. The molecule has 0 aliphatic carbocycles. The average molecular weight is 338 g/mol. The van der Waals surface area contributed by atoms with Crippen LogP contribution in [0.1, 0.15) is 24.5 Å². The summed E-state index contributed by atoms with van der Waals surface area (Å²) in [6.07, 6.45) is -0.654. The van der Waals surface area contributed by atoms with Gasteiger partial charge < -0.3 is 10.1 Å². The molecule has 1 aliphatic rings. The molecule has 1 aliphatic heterocycles. The predicted octanol–water partition coefficient (Wildman–Crippen LogP) is 3.10. The van der Waals surface area contributed by atoms with E-state index in [0.717, 1.165) is 11.1 Å². The van der Waals surface area contributed by atoms with Gasteiger partial charge in [-0.3, -0.25) is 4.79 Å². The summed E-state index contributed by atoms with van der Waals surface area (Å²) < 4.78 is 5.37. The van der Waals surface area contributed by atoms with E-state index in [1.165, 1.54) is 4.90 Å². The molecular weight excluding hydrogens is 316 g/mol. The smallest absolute Gasteiger partial charge is 0.417 e. The molecule has 25 heavy (non-hydrogen) atoms. The molecule has 0 radical (unpaired) electrons. The van der Waals surface area contributed by atoms with E-state index in [2.05, 4.69) is 5.32 Å². The minimum atomic E-state index is -0.773. The first-order chi connectivity index (χ1) is 12.2. The molecule has 2 amide bonds. The second-order valence-electron chi connectivity index (χ2n) is 6.10. The van der Waals surface area contributed by atoms with Crippen molar-refractivity contribution in [2.24, 2.45) is 0 Å². The summed E-state index contributed by atoms with van der Waals surface area (Å²) in [4.78, 5) is 26.0. The van der Waals surface area contributed by atoms with Gasteiger partial charge in [0.1, 0.15) is 0 Å². The van der Waals surface area contributed by atoms with E-state index in [-0.39, 0.29) is 18.5 Å². The first-order valence-corrected chi connectivity index (χ1v) is 8.52. The number of hydrogen-bond acceptors (Lipinski definition) is 4. The largest absolute Gasteiger partial charge is 0.434 e. The third kappa shape index (κ3) is 4.06. The molecule has 0 aromatic heterocycles. The number of carbonyl (C=O) groups is 2. The summed E-state index contributed by atoms with van der Waals surface area (Å²) in [5.74, 6) is -0.277. The zero-order valence-electron chi connectivity index (χ0n) is 14.2. The van der Waals surface area contributed by atoms with Crippen LogP contribution in [-0.4, -0.2) is 29.0 Å². The Hall–Kier alpha value is -2.66. The van der Waals surface area contributed by atoms with Crippen LogP contribution in [0.3, 0.4) is 0 Å². The lowest BCUT2D eigenvalue weighted by atomic mass is 10.1. The van der Waals surface area contributed by atoms with Gasteiger partial charge in [0.05, 0.1) is 12.6 Å². The molecule has 0 unspecified atom stereocenters. The van der Waals surface area contributed by atoms with Gasteiger partial charge in [0.15, 0.2) is 6.10 Å². The number of amides is 2. The Morgan fingerprint density at radius 3 is 2.20 bits per heavy atom. The van der Waals surface area contributed by atoms with Gasteiger partial charge in [-0.1, -0.05) is 67.6 Å². The summed E-state index contributed by atoms with van der Waals surface area (Å²) in [7, 11) is 0. The van der Waals surface area contributed by atoms with Crippen LogP contribution in [0.15, 0.2) is 60.7 Å². The number of nitrogens with one attached hydrogen (secondary N) is 1. The molecular formula is C20H22N2O3. The molecule has 2 atom stereocenters. The fraction of sp³-hybridized carbons (Fsp3) is 0.300. The van der Waals surface area contributed by atoms with Crippen LogP contribution >= 0.6 is 0 Å². The highest BCUT2D eigenvalue weighted by molar-refractivity contribution is 6.00. The monoisotopic (exact) mass is 338 g/mol. The Labute approximate surface area is 147 Å². The Balaban J connectivity index is 1.65. The fourth-order valence-corrected chi connectivity index (χ4v) is 2.94. The van der Waals surface area contributed by atoms with Gasteiger partial charge in [0, 0.05) is 6.54 Å². The maximum Gasteiger partial charge on any atom is 0.417 e. The van der Waals surface area contributed by atoms with Crippen LogP contribution in [0.4, 0.5) is 4.79 Å². The summed E-state index contributed by atoms with van der Waals surface area (Å²) >= 11 is 0. The molecule has 1 fully saturated rings. The molecule has 3 rings (SSSR count). The average Bonchev–Trinajstić information content (AvgIpc) is 2.92. The lowest BCUT2D eigenvalue weighted by Gasteiger charge is -2.21. The number of cyclic esters (lactones) is 1. The Morgan fingerprint density at radius 1 is 1.00 bits per heavy atom. The van der Waals surface area contributed by atoms with Crippen molar-refractivity contribution in [1.82, 2.24) is 10.2 Å². The lowest BCUT2D eigenvalue weighted by Crippen LogP contribution is -2.44. The number of imide groups is 1. The van der Waals surface area contributed by atoms with Crippen molar-refractivity contribution in [2.75, 3.05) is 0 Å². The molecule has 1 N–H and O–H groups in total. The van der Waals surface area contributed by atoms with Crippen LogP contribution in [0.25, 0.3) is 0 Å². The van der Waals surface area contributed by atoms with Gasteiger partial charge in [-0.25, -0.2) is 9.69 Å². The van der Waals surface area contributed by atoms with Crippen molar-refractivity contribution in [1.29, 1.82) is 0 Å². The van der Waals surface area contributed by atoms with Crippen molar-refractivity contribution in [3.8, 4) is 0 Å². The summed E-state index contributed by atoms with van der Waals surface area (Å²) in [5.41, 5.74) is 2.03. The molecule has 130 valence electrons. The third-order valence-electron chi connectivity index (χ3n) is 4.36. The molecule has 2 aromatic rings. The van der Waals surface area contributed by atoms with E-state index in [0.29, 0.717) is 13.0 Å². The number of nitrogens with zero attached hydrogens (tertiary/aromatic N) is 1. The SMILES string of the molecule is CC[C@@H](NCc1ccccc1)[C@H]1OC(=O)N(Cc2ccccc2)C1=O. The quantitative estimate of drug-likeness (QED) is 0.843. The molecule has 1 saturated heterocycles. The molecule has 1 heterocycles. The number of benzene rings is 2. The van der Waals surface area contributed by atoms with Crippen molar-refractivity contribution >= 4 is 12.0 Å². The minimum absolute atomic E-state index is 0.211. The molecule has 0 bridgehead atoms. The van der Waals surface area contributed by atoms with Gasteiger partial charge in [0.2, 0.25) is 0 Å². The van der Waals surface area contributed by atoms with Crippen LogP contribution < -0.4 is 5.32 Å². The lowest BCUT2D eigenvalue weighted by molar-refractivity contribution is -0.131. The van der Waals surface area contributed by atoms with Gasteiger partial charge in [-0.2, -0.15) is 0 Å². The van der Waals surface area contributed by atoms with Gasteiger partial charge in [0.25, 0.3) is 5.91 Å². The van der Waals surface area contributed by atoms with Gasteiger partial charge in [-0.05, 0) is 17.5 Å². The van der Waals surface area contributed by atoms with Crippen molar-refractivity contribution < 1.29 is 14.3 Å².